The van der Waals surface area contributed by atoms with Gasteiger partial charge in [-0.1, -0.05) is 25.1 Å². The minimum atomic E-state index is 1.05. The van der Waals surface area contributed by atoms with Gasteiger partial charge in [0, 0.05) is 12.0 Å². The monoisotopic (exact) mass is 148 g/mol. The quantitative estimate of drug-likeness (QED) is 0.603. The van der Waals surface area contributed by atoms with Crippen LogP contribution in [-0.4, -0.2) is 12.8 Å². The average Bonchev–Trinajstić information content (AvgIpc) is 2.07. The molecule has 0 unspecified atom stereocenters. The molecule has 0 heterocycles. The van der Waals surface area contributed by atoms with Crippen LogP contribution in [-0.2, 0) is 0 Å². The van der Waals surface area contributed by atoms with Gasteiger partial charge in [-0.05, 0) is 12.1 Å². The van der Waals surface area contributed by atoms with Crippen LogP contribution in [0.1, 0.15) is 18.9 Å². The van der Waals surface area contributed by atoms with Crippen LogP contribution in [0.15, 0.2) is 30.3 Å². The average molecular weight is 148 g/mol. The molecule has 0 aromatic heterocycles. The summed E-state index contributed by atoms with van der Waals surface area (Å²) in [6, 6.07) is 10.3. The van der Waals surface area contributed by atoms with Crippen molar-refractivity contribution in [2.75, 3.05) is 6.54 Å². The van der Waals surface area contributed by atoms with Crippen LogP contribution in [0, 0.1) is 0 Å². The molecule has 0 amide bonds. The van der Waals surface area contributed by atoms with Gasteiger partial charge < -0.3 is 0 Å². The molecule has 1 nitrogen and oxygen atoms in total. The normalized spacial score (nSPS) is 10.6. The molecule has 0 atom stereocenters. The van der Waals surface area contributed by atoms with Gasteiger partial charge in [0.2, 0.25) is 0 Å². The van der Waals surface area contributed by atoms with Crippen LogP contribution in [0.4, 0.5) is 0 Å². The molecule has 0 radical (unpaired) electrons. The van der Waals surface area contributed by atoms with Gasteiger partial charge in [-0.2, -0.15) is 0 Å². The van der Waals surface area contributed by atoms with Gasteiger partial charge in [0.25, 0.3) is 0 Å². The Balaban J connectivity index is 2.50. The summed E-state index contributed by atoms with van der Waals surface area (Å²) in [4.78, 5) is 3.23. The van der Waals surface area contributed by atoms with E-state index in [-0.39, 0.29) is 0 Å². The zero-order valence-electron chi connectivity index (χ0n) is 6.88. The topological polar surface area (TPSA) is 14.0 Å². The Hall–Kier alpha value is -1.11. The van der Waals surface area contributed by atoms with E-state index in [9.17, 15) is 0 Å². The molecular weight excluding hydrogens is 134 g/mol. The maximum Gasteiger partial charge on any atom is 0.169 e. The second kappa shape index (κ2) is 4.67. The van der Waals surface area contributed by atoms with E-state index in [4.69, 9.17) is 0 Å². The molecule has 0 bridgehead atoms. The lowest BCUT2D eigenvalue weighted by Crippen LogP contribution is -2.68. The largest absolute Gasteiger partial charge is 0.248 e. The predicted octanol–water partition coefficient (Wildman–Crippen LogP) is 0.596. The van der Waals surface area contributed by atoms with E-state index in [0.29, 0.717) is 0 Å². The van der Waals surface area contributed by atoms with Gasteiger partial charge in [0.1, 0.15) is 6.54 Å². The molecule has 1 aromatic carbocycles. The zero-order valence-corrected chi connectivity index (χ0v) is 6.88. The number of hydrogen-bond acceptors (Lipinski definition) is 0. The Kier molecular flexibility index (Phi) is 3.39. The lowest BCUT2D eigenvalue weighted by molar-refractivity contribution is -0.451. The van der Waals surface area contributed by atoms with Crippen LogP contribution in [0.25, 0.3) is 0 Å². The fraction of sp³-hybridized carbons (Fsp3) is 0.300. The third-order valence-electron chi connectivity index (χ3n) is 1.46. The number of rotatable bonds is 3. The van der Waals surface area contributed by atoms with Crippen molar-refractivity contribution in [1.29, 1.82) is 0 Å². The van der Waals surface area contributed by atoms with Crippen molar-refractivity contribution in [2.45, 2.75) is 13.3 Å². The molecule has 0 spiro atoms. The second-order valence-electron chi connectivity index (χ2n) is 2.51. The Morgan fingerprint density at radius 1 is 1.27 bits per heavy atom. The lowest BCUT2D eigenvalue weighted by Gasteiger charge is -1.85. The molecule has 1 rings (SSSR count). The number of nitrogens with one attached hydrogen (secondary N) is 1. The van der Waals surface area contributed by atoms with Crippen LogP contribution in [0.3, 0.4) is 0 Å². The first-order valence-corrected chi connectivity index (χ1v) is 4.05. The van der Waals surface area contributed by atoms with E-state index in [0.717, 1.165) is 6.54 Å². The molecule has 1 heteroatoms. The zero-order chi connectivity index (χ0) is 7.94. The highest BCUT2D eigenvalue weighted by Crippen LogP contribution is 1.90. The molecule has 1 N–H and O–H groups in total. The van der Waals surface area contributed by atoms with Gasteiger partial charge in [0.05, 0.1) is 0 Å². The maximum atomic E-state index is 3.23. The summed E-state index contributed by atoms with van der Waals surface area (Å²) >= 11 is 0. The molecule has 11 heavy (non-hydrogen) atoms. The van der Waals surface area contributed by atoms with E-state index in [1.165, 1.54) is 12.0 Å². The summed E-state index contributed by atoms with van der Waals surface area (Å²) in [5.41, 5.74) is 1.24. The third kappa shape index (κ3) is 2.99. The molecule has 0 aliphatic rings. The Morgan fingerprint density at radius 2 is 2.00 bits per heavy atom. The van der Waals surface area contributed by atoms with Crippen LogP contribution >= 0.6 is 0 Å². The minimum absolute atomic E-state index is 1.05. The van der Waals surface area contributed by atoms with Crippen molar-refractivity contribution in [3.05, 3.63) is 35.9 Å². The summed E-state index contributed by atoms with van der Waals surface area (Å²) in [5.74, 6) is 0. The van der Waals surface area contributed by atoms with E-state index >= 15 is 0 Å². The predicted molar refractivity (Wildman–Crippen MR) is 47.7 cm³/mol. The highest BCUT2D eigenvalue weighted by molar-refractivity contribution is 5.74. The minimum Gasteiger partial charge on any atom is -0.248 e. The van der Waals surface area contributed by atoms with Crippen molar-refractivity contribution in [1.82, 2.24) is 0 Å². The Bertz CT molecular complexity index is 214. The molecule has 0 saturated heterocycles. The van der Waals surface area contributed by atoms with E-state index in [1.54, 1.807) is 0 Å². The molecule has 1 aromatic rings. The van der Waals surface area contributed by atoms with Crippen molar-refractivity contribution in [3.63, 3.8) is 0 Å². The molecule has 0 saturated carbocycles. The van der Waals surface area contributed by atoms with Crippen LogP contribution in [0.5, 0.6) is 0 Å². The van der Waals surface area contributed by atoms with Gasteiger partial charge >= 0.3 is 0 Å². The summed E-state index contributed by atoms with van der Waals surface area (Å²) in [6.45, 7) is 3.21. The summed E-state index contributed by atoms with van der Waals surface area (Å²) in [6.07, 6.45) is 3.22. The first kappa shape index (κ1) is 7.99. The van der Waals surface area contributed by atoms with Gasteiger partial charge in [-0.15, -0.1) is 0 Å². The highest BCUT2D eigenvalue weighted by atomic mass is 14.7. The van der Waals surface area contributed by atoms with Crippen LogP contribution in [0.2, 0.25) is 0 Å². The Labute approximate surface area is 67.8 Å². The first-order chi connectivity index (χ1) is 5.43. The van der Waals surface area contributed by atoms with Crippen molar-refractivity contribution >= 4 is 6.21 Å². The van der Waals surface area contributed by atoms with Crippen molar-refractivity contribution in [3.8, 4) is 0 Å². The molecule has 58 valence electrons. The summed E-state index contributed by atoms with van der Waals surface area (Å²) in [7, 11) is 0. The Morgan fingerprint density at radius 3 is 2.64 bits per heavy atom. The van der Waals surface area contributed by atoms with Crippen LogP contribution < -0.4 is 4.99 Å². The first-order valence-electron chi connectivity index (χ1n) is 4.05. The van der Waals surface area contributed by atoms with Crippen molar-refractivity contribution in [2.24, 2.45) is 0 Å². The highest BCUT2D eigenvalue weighted by Gasteiger charge is 1.86. The standard InChI is InChI=1S/C10H13N/c1-2-8-11-9-10-6-4-3-5-7-10/h3-7,9H,2,8H2,1H3/p+1. The third-order valence-corrected chi connectivity index (χ3v) is 1.46. The summed E-state index contributed by atoms with van der Waals surface area (Å²) in [5, 5.41) is 0. The summed E-state index contributed by atoms with van der Waals surface area (Å²) < 4.78 is 0. The second-order valence-corrected chi connectivity index (χ2v) is 2.51. The van der Waals surface area contributed by atoms with Gasteiger partial charge in [-0.25, -0.2) is 4.99 Å². The number of benzene rings is 1. The maximum absolute atomic E-state index is 3.23. The SMILES string of the molecule is CCC[NH+]=Cc1ccccc1. The number of hydrogen-bond donors (Lipinski definition) is 1. The van der Waals surface area contributed by atoms with E-state index in [2.05, 4.69) is 24.0 Å². The van der Waals surface area contributed by atoms with Gasteiger partial charge in [0.15, 0.2) is 6.21 Å². The smallest absolute Gasteiger partial charge is 0.169 e. The lowest BCUT2D eigenvalue weighted by atomic mass is 10.2. The van der Waals surface area contributed by atoms with Gasteiger partial charge in [-0.3, -0.25) is 0 Å². The fourth-order valence-corrected chi connectivity index (χ4v) is 0.884. The molecule has 0 aliphatic carbocycles. The van der Waals surface area contributed by atoms with Crippen molar-refractivity contribution < 1.29 is 4.99 Å². The molecular formula is C10H14N+. The molecule has 0 fully saturated rings. The van der Waals surface area contributed by atoms with E-state index < -0.39 is 0 Å². The van der Waals surface area contributed by atoms with E-state index in [1.807, 2.05) is 24.4 Å². The fourth-order valence-electron chi connectivity index (χ4n) is 0.884. The molecule has 0 aliphatic heterocycles.